The second kappa shape index (κ2) is 6.95. The standard InChI is InChI=1S/C16H16N2O5S2/c19-15(17-12-5-1-4-11(10-12)16(20)21)13-6-2-8-18(13)25(22,23)14-7-3-9-24-14/h1,3-5,7,9-10,13H,2,6,8H2,(H,17,19)(H,20,21). The molecule has 1 saturated heterocycles. The van der Waals surface area contributed by atoms with Crippen LogP contribution in [0.3, 0.4) is 0 Å². The number of benzene rings is 1. The molecule has 2 heterocycles. The summed E-state index contributed by atoms with van der Waals surface area (Å²) in [7, 11) is -3.71. The van der Waals surface area contributed by atoms with Gasteiger partial charge in [-0.1, -0.05) is 12.1 Å². The second-order valence-corrected chi connectivity index (χ2v) is 8.65. The number of aromatic carboxylic acids is 1. The van der Waals surface area contributed by atoms with Crippen LogP contribution in [0.2, 0.25) is 0 Å². The fourth-order valence-corrected chi connectivity index (χ4v) is 5.55. The van der Waals surface area contributed by atoms with E-state index in [1.807, 2.05) is 0 Å². The smallest absolute Gasteiger partial charge is 0.335 e. The highest BCUT2D eigenvalue weighted by Gasteiger charge is 2.39. The Bertz CT molecular complexity index is 893. The maximum Gasteiger partial charge on any atom is 0.335 e. The molecule has 0 radical (unpaired) electrons. The molecule has 1 aromatic carbocycles. The van der Waals surface area contributed by atoms with Gasteiger partial charge < -0.3 is 10.4 Å². The molecule has 1 amide bonds. The Hall–Kier alpha value is -2.23. The first kappa shape index (κ1) is 17.6. The molecule has 1 aliphatic heterocycles. The predicted octanol–water partition coefficient (Wildman–Crippen LogP) is 2.24. The Morgan fingerprint density at radius 2 is 2.04 bits per heavy atom. The number of nitrogens with zero attached hydrogens (tertiary/aromatic N) is 1. The number of anilines is 1. The molecule has 1 unspecified atom stereocenters. The maximum atomic E-state index is 12.7. The van der Waals surface area contributed by atoms with Gasteiger partial charge in [0.2, 0.25) is 5.91 Å². The van der Waals surface area contributed by atoms with Gasteiger partial charge in [-0.05, 0) is 42.5 Å². The summed E-state index contributed by atoms with van der Waals surface area (Å²) < 4.78 is 26.8. The van der Waals surface area contributed by atoms with Crippen molar-refractivity contribution >= 4 is 38.9 Å². The number of nitrogens with one attached hydrogen (secondary N) is 1. The fourth-order valence-electron chi connectivity index (χ4n) is 2.77. The average Bonchev–Trinajstić information content (AvgIpc) is 3.27. The minimum atomic E-state index is -3.71. The van der Waals surface area contributed by atoms with Crippen LogP contribution in [0.15, 0.2) is 46.0 Å². The lowest BCUT2D eigenvalue weighted by Gasteiger charge is -2.22. The molecule has 9 heteroatoms. The zero-order chi connectivity index (χ0) is 18.0. The van der Waals surface area contributed by atoms with Crippen molar-refractivity contribution in [2.75, 3.05) is 11.9 Å². The van der Waals surface area contributed by atoms with Gasteiger partial charge in [0.25, 0.3) is 10.0 Å². The number of carboxylic acid groups (broad SMARTS) is 1. The first-order valence-corrected chi connectivity index (χ1v) is 9.91. The number of carbonyl (C=O) groups is 2. The third-order valence-corrected chi connectivity index (χ3v) is 7.22. The fraction of sp³-hybridized carbons (Fsp3) is 0.250. The number of carboxylic acids is 1. The molecule has 1 fully saturated rings. The van der Waals surface area contributed by atoms with Crippen LogP contribution in [0.4, 0.5) is 5.69 Å². The molecule has 0 saturated carbocycles. The summed E-state index contributed by atoms with van der Waals surface area (Å²) in [4.78, 5) is 23.6. The van der Waals surface area contributed by atoms with Crippen LogP contribution in [-0.4, -0.2) is 42.3 Å². The van der Waals surface area contributed by atoms with Gasteiger partial charge in [-0.2, -0.15) is 4.31 Å². The molecule has 2 N–H and O–H groups in total. The number of amides is 1. The molecule has 1 atom stereocenters. The average molecular weight is 380 g/mol. The van der Waals surface area contributed by atoms with Gasteiger partial charge in [0, 0.05) is 12.2 Å². The molecule has 2 aromatic rings. The molecule has 132 valence electrons. The monoisotopic (exact) mass is 380 g/mol. The van der Waals surface area contributed by atoms with E-state index in [2.05, 4.69) is 5.32 Å². The van der Waals surface area contributed by atoms with Gasteiger partial charge in [0.05, 0.1) is 5.56 Å². The Kier molecular flexibility index (Phi) is 4.89. The number of hydrogen-bond donors (Lipinski definition) is 2. The Morgan fingerprint density at radius 3 is 2.72 bits per heavy atom. The van der Waals surface area contributed by atoms with Crippen molar-refractivity contribution in [2.24, 2.45) is 0 Å². The van der Waals surface area contributed by atoms with Crippen molar-refractivity contribution in [3.63, 3.8) is 0 Å². The molecule has 3 rings (SSSR count). The quantitative estimate of drug-likeness (QED) is 0.828. The van der Waals surface area contributed by atoms with E-state index in [4.69, 9.17) is 5.11 Å². The van der Waals surface area contributed by atoms with E-state index in [9.17, 15) is 18.0 Å². The van der Waals surface area contributed by atoms with Gasteiger partial charge in [0.15, 0.2) is 0 Å². The van der Waals surface area contributed by atoms with E-state index in [0.717, 1.165) is 11.3 Å². The maximum absolute atomic E-state index is 12.7. The van der Waals surface area contributed by atoms with Crippen molar-refractivity contribution in [3.8, 4) is 0 Å². The lowest BCUT2D eigenvalue weighted by molar-refractivity contribution is -0.119. The number of rotatable bonds is 5. The van der Waals surface area contributed by atoms with Crippen LogP contribution in [-0.2, 0) is 14.8 Å². The van der Waals surface area contributed by atoms with Crippen LogP contribution >= 0.6 is 11.3 Å². The first-order valence-electron chi connectivity index (χ1n) is 7.59. The third-order valence-electron chi connectivity index (χ3n) is 3.94. The number of hydrogen-bond acceptors (Lipinski definition) is 5. The highest BCUT2D eigenvalue weighted by molar-refractivity contribution is 7.91. The van der Waals surface area contributed by atoms with Crippen molar-refractivity contribution in [1.29, 1.82) is 0 Å². The lowest BCUT2D eigenvalue weighted by Crippen LogP contribution is -2.42. The van der Waals surface area contributed by atoms with Gasteiger partial charge in [-0.3, -0.25) is 4.79 Å². The van der Waals surface area contributed by atoms with Gasteiger partial charge >= 0.3 is 5.97 Å². The normalized spacial score (nSPS) is 18.2. The predicted molar refractivity (Wildman–Crippen MR) is 93.3 cm³/mol. The first-order chi connectivity index (χ1) is 11.9. The van der Waals surface area contributed by atoms with Crippen LogP contribution in [0.25, 0.3) is 0 Å². The Balaban J connectivity index is 1.80. The van der Waals surface area contributed by atoms with E-state index in [1.54, 1.807) is 17.5 Å². The lowest BCUT2D eigenvalue weighted by atomic mass is 10.2. The van der Waals surface area contributed by atoms with E-state index in [0.29, 0.717) is 18.5 Å². The highest BCUT2D eigenvalue weighted by Crippen LogP contribution is 2.29. The van der Waals surface area contributed by atoms with E-state index < -0.39 is 27.9 Å². The topological polar surface area (TPSA) is 104 Å². The highest BCUT2D eigenvalue weighted by atomic mass is 32.2. The Morgan fingerprint density at radius 1 is 1.24 bits per heavy atom. The van der Waals surface area contributed by atoms with E-state index >= 15 is 0 Å². The summed E-state index contributed by atoms with van der Waals surface area (Å²) in [5.74, 6) is -1.56. The molecule has 0 bridgehead atoms. The number of thiophene rings is 1. The molecule has 0 aliphatic carbocycles. The zero-order valence-corrected chi connectivity index (χ0v) is 14.7. The second-order valence-electron chi connectivity index (χ2n) is 5.58. The van der Waals surface area contributed by atoms with Crippen molar-refractivity contribution < 1.29 is 23.1 Å². The van der Waals surface area contributed by atoms with E-state index in [1.165, 1.54) is 28.6 Å². The summed E-state index contributed by atoms with van der Waals surface area (Å²) in [6.07, 6.45) is 1.02. The largest absolute Gasteiger partial charge is 0.478 e. The van der Waals surface area contributed by atoms with Crippen molar-refractivity contribution in [1.82, 2.24) is 4.31 Å². The summed E-state index contributed by atoms with van der Waals surface area (Å²) >= 11 is 1.11. The molecular weight excluding hydrogens is 364 g/mol. The number of carbonyl (C=O) groups excluding carboxylic acids is 1. The summed E-state index contributed by atoms with van der Waals surface area (Å²) in [5, 5.41) is 13.3. The van der Waals surface area contributed by atoms with Crippen molar-refractivity contribution in [2.45, 2.75) is 23.1 Å². The van der Waals surface area contributed by atoms with E-state index in [-0.39, 0.29) is 16.3 Å². The minimum absolute atomic E-state index is 0.0484. The van der Waals surface area contributed by atoms with Crippen LogP contribution in [0.5, 0.6) is 0 Å². The molecular formula is C16H16N2O5S2. The van der Waals surface area contributed by atoms with Crippen LogP contribution in [0.1, 0.15) is 23.2 Å². The number of sulfonamides is 1. The zero-order valence-electron chi connectivity index (χ0n) is 13.1. The summed E-state index contributed by atoms with van der Waals surface area (Å²) in [5.41, 5.74) is 0.373. The minimum Gasteiger partial charge on any atom is -0.478 e. The van der Waals surface area contributed by atoms with Crippen LogP contribution < -0.4 is 5.32 Å². The Labute approximate surface area is 149 Å². The third kappa shape index (κ3) is 3.58. The van der Waals surface area contributed by atoms with Gasteiger partial charge in [-0.15, -0.1) is 11.3 Å². The summed E-state index contributed by atoms with van der Waals surface area (Å²) in [6.45, 7) is 0.285. The van der Waals surface area contributed by atoms with Crippen LogP contribution in [0, 0.1) is 0 Å². The molecule has 25 heavy (non-hydrogen) atoms. The van der Waals surface area contributed by atoms with Crippen molar-refractivity contribution in [3.05, 3.63) is 47.3 Å². The van der Waals surface area contributed by atoms with Gasteiger partial charge in [-0.25, -0.2) is 13.2 Å². The molecule has 1 aromatic heterocycles. The molecule has 7 nitrogen and oxygen atoms in total. The summed E-state index contributed by atoms with van der Waals surface area (Å²) in [6, 6.07) is 8.21. The SMILES string of the molecule is O=C(O)c1cccc(NC(=O)C2CCCN2S(=O)(=O)c2cccs2)c1. The molecule has 0 spiro atoms. The molecule has 1 aliphatic rings. The van der Waals surface area contributed by atoms with Gasteiger partial charge in [0.1, 0.15) is 10.3 Å².